The maximum atomic E-state index is 5.79. The molecule has 0 bridgehead atoms. The maximum Gasteiger partial charge on any atom is 0.0666 e. The maximum absolute atomic E-state index is 5.79. The Bertz CT molecular complexity index is 368. The van der Waals surface area contributed by atoms with Gasteiger partial charge in [-0.05, 0) is 30.3 Å². The summed E-state index contributed by atoms with van der Waals surface area (Å²) in [5, 5.41) is 4.74. The SMILES string of the molecule is Clc1c[c]cc(-n2cccn2)c1. The molecule has 2 aromatic rings. The lowest BCUT2D eigenvalue weighted by atomic mass is 10.3. The van der Waals surface area contributed by atoms with Crippen molar-refractivity contribution in [3.8, 4) is 5.69 Å². The number of hydrogen-bond acceptors (Lipinski definition) is 1. The second kappa shape index (κ2) is 2.99. The van der Waals surface area contributed by atoms with Gasteiger partial charge in [0.2, 0.25) is 0 Å². The molecule has 12 heavy (non-hydrogen) atoms. The summed E-state index contributed by atoms with van der Waals surface area (Å²) in [6.45, 7) is 0. The van der Waals surface area contributed by atoms with Crippen molar-refractivity contribution < 1.29 is 0 Å². The molecule has 2 rings (SSSR count). The lowest BCUT2D eigenvalue weighted by Gasteiger charge is -1.99. The Hall–Kier alpha value is -1.28. The van der Waals surface area contributed by atoms with Crippen molar-refractivity contribution >= 4 is 11.6 Å². The van der Waals surface area contributed by atoms with Gasteiger partial charge in [0.15, 0.2) is 0 Å². The third-order valence-electron chi connectivity index (χ3n) is 1.51. The van der Waals surface area contributed by atoms with Crippen LogP contribution in [0.3, 0.4) is 0 Å². The van der Waals surface area contributed by atoms with Crippen LogP contribution in [-0.2, 0) is 0 Å². The number of rotatable bonds is 1. The predicted molar refractivity (Wildman–Crippen MR) is 47.4 cm³/mol. The molecular weight excluding hydrogens is 172 g/mol. The van der Waals surface area contributed by atoms with Crippen molar-refractivity contribution in [3.05, 3.63) is 47.7 Å². The van der Waals surface area contributed by atoms with Gasteiger partial charge in [-0.15, -0.1) is 0 Å². The third kappa shape index (κ3) is 1.34. The Morgan fingerprint density at radius 1 is 1.42 bits per heavy atom. The fraction of sp³-hybridized carbons (Fsp3) is 0. The van der Waals surface area contributed by atoms with Gasteiger partial charge in [0.05, 0.1) is 5.69 Å². The predicted octanol–water partition coefficient (Wildman–Crippen LogP) is 2.33. The largest absolute Gasteiger partial charge is 0.241 e. The van der Waals surface area contributed by atoms with E-state index >= 15 is 0 Å². The van der Waals surface area contributed by atoms with Crippen LogP contribution in [0, 0.1) is 6.07 Å². The first-order valence-corrected chi connectivity index (χ1v) is 3.91. The van der Waals surface area contributed by atoms with E-state index in [4.69, 9.17) is 11.6 Å². The molecule has 0 atom stereocenters. The minimum absolute atomic E-state index is 0.669. The van der Waals surface area contributed by atoms with Gasteiger partial charge in [-0.2, -0.15) is 5.10 Å². The van der Waals surface area contributed by atoms with E-state index in [2.05, 4.69) is 11.2 Å². The first kappa shape index (κ1) is 7.37. The van der Waals surface area contributed by atoms with Crippen LogP contribution in [-0.4, -0.2) is 9.78 Å². The summed E-state index contributed by atoms with van der Waals surface area (Å²) in [5.41, 5.74) is 0.924. The molecular formula is C9H6ClN2. The lowest BCUT2D eigenvalue weighted by molar-refractivity contribution is 0.880. The zero-order chi connectivity index (χ0) is 8.39. The van der Waals surface area contributed by atoms with E-state index in [1.54, 1.807) is 16.9 Å². The van der Waals surface area contributed by atoms with Crippen molar-refractivity contribution in [2.45, 2.75) is 0 Å². The second-order valence-corrected chi connectivity index (χ2v) is 2.80. The molecule has 0 aliphatic heterocycles. The van der Waals surface area contributed by atoms with Gasteiger partial charge < -0.3 is 0 Å². The monoisotopic (exact) mass is 177 g/mol. The average molecular weight is 178 g/mol. The van der Waals surface area contributed by atoms with Crippen LogP contribution in [0.15, 0.2) is 36.7 Å². The average Bonchev–Trinajstić information content (AvgIpc) is 2.56. The normalized spacial score (nSPS) is 10.1. The number of aromatic nitrogens is 2. The first-order chi connectivity index (χ1) is 5.86. The van der Waals surface area contributed by atoms with Gasteiger partial charge in [0.25, 0.3) is 0 Å². The number of benzene rings is 1. The highest BCUT2D eigenvalue weighted by atomic mass is 35.5. The summed E-state index contributed by atoms with van der Waals surface area (Å²) in [6.07, 6.45) is 3.58. The quantitative estimate of drug-likeness (QED) is 0.654. The summed E-state index contributed by atoms with van der Waals surface area (Å²) in [5.74, 6) is 0. The highest BCUT2D eigenvalue weighted by molar-refractivity contribution is 6.30. The van der Waals surface area contributed by atoms with E-state index < -0.39 is 0 Å². The molecule has 0 amide bonds. The Morgan fingerprint density at radius 3 is 3.00 bits per heavy atom. The fourth-order valence-corrected chi connectivity index (χ4v) is 1.16. The molecule has 1 radical (unpaired) electrons. The molecule has 2 nitrogen and oxygen atoms in total. The molecule has 0 saturated carbocycles. The van der Waals surface area contributed by atoms with Crippen LogP contribution in [0.1, 0.15) is 0 Å². The molecule has 0 aliphatic rings. The molecule has 1 heterocycles. The van der Waals surface area contributed by atoms with Crippen LogP contribution in [0.5, 0.6) is 0 Å². The zero-order valence-electron chi connectivity index (χ0n) is 6.24. The molecule has 0 unspecified atom stereocenters. The van der Waals surface area contributed by atoms with Gasteiger partial charge in [-0.1, -0.05) is 11.6 Å². The summed E-state index contributed by atoms with van der Waals surface area (Å²) in [7, 11) is 0. The highest BCUT2D eigenvalue weighted by Crippen LogP contribution is 2.12. The van der Waals surface area contributed by atoms with E-state index in [1.165, 1.54) is 0 Å². The number of hydrogen-bond donors (Lipinski definition) is 0. The molecule has 0 spiro atoms. The Morgan fingerprint density at radius 2 is 2.33 bits per heavy atom. The smallest absolute Gasteiger partial charge is 0.0666 e. The van der Waals surface area contributed by atoms with Gasteiger partial charge in [-0.25, -0.2) is 4.68 Å². The molecule has 3 heteroatoms. The zero-order valence-corrected chi connectivity index (χ0v) is 6.99. The van der Waals surface area contributed by atoms with Crippen molar-refractivity contribution in [1.82, 2.24) is 9.78 Å². The Balaban J connectivity index is 2.48. The number of nitrogens with zero attached hydrogens (tertiary/aromatic N) is 2. The van der Waals surface area contributed by atoms with E-state index in [-0.39, 0.29) is 0 Å². The number of halogens is 1. The summed E-state index contributed by atoms with van der Waals surface area (Å²) >= 11 is 5.79. The van der Waals surface area contributed by atoms with Gasteiger partial charge in [0, 0.05) is 17.4 Å². The van der Waals surface area contributed by atoms with E-state index in [1.807, 2.05) is 24.4 Å². The van der Waals surface area contributed by atoms with Crippen molar-refractivity contribution in [1.29, 1.82) is 0 Å². The third-order valence-corrected chi connectivity index (χ3v) is 1.73. The van der Waals surface area contributed by atoms with E-state index in [0.29, 0.717) is 5.02 Å². The molecule has 1 aromatic carbocycles. The van der Waals surface area contributed by atoms with Gasteiger partial charge in [0.1, 0.15) is 0 Å². The molecule has 0 N–H and O–H groups in total. The molecule has 0 fully saturated rings. The Kier molecular flexibility index (Phi) is 1.84. The minimum atomic E-state index is 0.669. The van der Waals surface area contributed by atoms with Crippen molar-refractivity contribution in [2.75, 3.05) is 0 Å². The fourth-order valence-electron chi connectivity index (χ4n) is 0.985. The summed E-state index contributed by atoms with van der Waals surface area (Å²) < 4.78 is 1.74. The van der Waals surface area contributed by atoms with E-state index in [0.717, 1.165) is 5.69 Å². The topological polar surface area (TPSA) is 17.8 Å². The molecule has 59 valence electrons. The van der Waals surface area contributed by atoms with Gasteiger partial charge >= 0.3 is 0 Å². The molecule has 0 saturated heterocycles. The van der Waals surface area contributed by atoms with Crippen LogP contribution >= 0.6 is 11.6 Å². The standard InChI is InChI=1S/C9H6ClN2/c10-8-3-1-4-9(7-8)12-6-2-5-11-12/h2-7H. The highest BCUT2D eigenvalue weighted by Gasteiger charge is 1.95. The second-order valence-electron chi connectivity index (χ2n) is 2.36. The van der Waals surface area contributed by atoms with E-state index in [9.17, 15) is 0 Å². The van der Waals surface area contributed by atoms with Crippen LogP contribution in [0.25, 0.3) is 5.69 Å². The lowest BCUT2D eigenvalue weighted by Crippen LogP contribution is -1.92. The summed E-state index contributed by atoms with van der Waals surface area (Å²) in [6, 6.07) is 10.2. The first-order valence-electron chi connectivity index (χ1n) is 3.53. The van der Waals surface area contributed by atoms with Crippen LogP contribution in [0.4, 0.5) is 0 Å². The summed E-state index contributed by atoms with van der Waals surface area (Å²) in [4.78, 5) is 0. The van der Waals surface area contributed by atoms with Crippen molar-refractivity contribution in [3.63, 3.8) is 0 Å². The molecule has 0 aliphatic carbocycles. The van der Waals surface area contributed by atoms with Crippen LogP contribution in [0.2, 0.25) is 5.02 Å². The van der Waals surface area contributed by atoms with Crippen molar-refractivity contribution in [2.24, 2.45) is 0 Å². The minimum Gasteiger partial charge on any atom is -0.241 e. The Labute approximate surface area is 75.4 Å². The van der Waals surface area contributed by atoms with Gasteiger partial charge in [-0.3, -0.25) is 0 Å². The molecule has 1 aromatic heterocycles. The van der Waals surface area contributed by atoms with Crippen LogP contribution < -0.4 is 0 Å².